The molecule has 2 N–H and O–H groups in total. The average Bonchev–Trinajstić information content (AvgIpc) is 2.32. The van der Waals surface area contributed by atoms with E-state index in [4.69, 9.17) is 5.73 Å². The molecule has 0 aliphatic carbocycles. The van der Waals surface area contributed by atoms with Crippen molar-refractivity contribution in [1.29, 1.82) is 0 Å². The Balaban J connectivity index is 2.62. The van der Waals surface area contributed by atoms with Gasteiger partial charge in [-0.3, -0.25) is 0 Å². The molecule has 2 heteroatoms. The molecule has 1 rings (SSSR count). The van der Waals surface area contributed by atoms with Crippen molar-refractivity contribution >= 4 is 0 Å². The van der Waals surface area contributed by atoms with Crippen LogP contribution in [-0.2, 0) is 6.54 Å². The number of hydrogen-bond acceptors (Lipinski definition) is 2. The predicted octanol–water partition coefficient (Wildman–Crippen LogP) is 3.29. The van der Waals surface area contributed by atoms with E-state index in [1.807, 2.05) is 0 Å². The van der Waals surface area contributed by atoms with Crippen LogP contribution in [0, 0.1) is 6.92 Å². The van der Waals surface area contributed by atoms with Gasteiger partial charge in [-0.05, 0) is 62.5 Å². The number of unbranched alkanes of at least 4 members (excludes halogenated alkanes) is 1. The van der Waals surface area contributed by atoms with Crippen molar-refractivity contribution in [1.82, 2.24) is 4.90 Å². The van der Waals surface area contributed by atoms with Crippen LogP contribution in [0.25, 0.3) is 0 Å². The van der Waals surface area contributed by atoms with E-state index in [2.05, 4.69) is 50.9 Å². The fourth-order valence-corrected chi connectivity index (χ4v) is 2.12. The summed E-state index contributed by atoms with van der Waals surface area (Å²) in [6.07, 6.45) is 2.31. The molecule has 0 aromatic heterocycles. The van der Waals surface area contributed by atoms with Crippen LogP contribution in [0.4, 0.5) is 0 Å². The summed E-state index contributed by atoms with van der Waals surface area (Å²) >= 11 is 0. The van der Waals surface area contributed by atoms with Crippen LogP contribution in [0.15, 0.2) is 18.2 Å². The van der Waals surface area contributed by atoms with Gasteiger partial charge in [-0.2, -0.15) is 0 Å². The van der Waals surface area contributed by atoms with Crippen molar-refractivity contribution in [3.63, 3.8) is 0 Å². The van der Waals surface area contributed by atoms with Crippen molar-refractivity contribution in [2.24, 2.45) is 5.73 Å². The van der Waals surface area contributed by atoms with Gasteiger partial charge in [0.05, 0.1) is 0 Å². The summed E-state index contributed by atoms with van der Waals surface area (Å²) in [7, 11) is 2.19. The van der Waals surface area contributed by atoms with E-state index in [0.717, 1.165) is 26.1 Å². The maximum absolute atomic E-state index is 5.53. The van der Waals surface area contributed by atoms with E-state index in [1.165, 1.54) is 23.1 Å². The van der Waals surface area contributed by atoms with E-state index in [0.29, 0.717) is 5.92 Å². The molecule has 18 heavy (non-hydrogen) atoms. The van der Waals surface area contributed by atoms with Crippen LogP contribution in [0.3, 0.4) is 0 Å². The molecule has 0 unspecified atom stereocenters. The van der Waals surface area contributed by atoms with Crippen LogP contribution < -0.4 is 5.73 Å². The van der Waals surface area contributed by atoms with Crippen molar-refractivity contribution in [2.45, 2.75) is 46.1 Å². The van der Waals surface area contributed by atoms with Gasteiger partial charge >= 0.3 is 0 Å². The number of benzene rings is 1. The molecule has 0 amide bonds. The number of aryl methyl sites for hydroxylation is 1. The average molecular weight is 248 g/mol. The Morgan fingerprint density at radius 2 is 1.94 bits per heavy atom. The van der Waals surface area contributed by atoms with Gasteiger partial charge in [-0.25, -0.2) is 0 Å². The summed E-state index contributed by atoms with van der Waals surface area (Å²) < 4.78 is 0. The van der Waals surface area contributed by atoms with Gasteiger partial charge in [0.2, 0.25) is 0 Å². The second-order valence-electron chi connectivity index (χ2n) is 5.57. The molecule has 0 spiro atoms. The molecule has 102 valence electrons. The normalized spacial score (nSPS) is 11.5. The Morgan fingerprint density at radius 3 is 2.56 bits per heavy atom. The Kier molecular flexibility index (Phi) is 6.37. The van der Waals surface area contributed by atoms with Crippen molar-refractivity contribution in [2.75, 3.05) is 20.1 Å². The van der Waals surface area contributed by atoms with Crippen molar-refractivity contribution in [3.8, 4) is 0 Å². The summed E-state index contributed by atoms with van der Waals surface area (Å²) in [6, 6.07) is 6.86. The molecule has 0 atom stereocenters. The molecule has 0 radical (unpaired) electrons. The van der Waals surface area contributed by atoms with Gasteiger partial charge in [0.15, 0.2) is 0 Å². The Morgan fingerprint density at radius 1 is 1.22 bits per heavy atom. The third-order valence-corrected chi connectivity index (χ3v) is 3.47. The lowest BCUT2D eigenvalue weighted by Gasteiger charge is -2.19. The molecule has 0 aliphatic rings. The molecule has 1 aromatic rings. The van der Waals surface area contributed by atoms with Crippen molar-refractivity contribution < 1.29 is 0 Å². The first-order valence-electron chi connectivity index (χ1n) is 7.02. The monoisotopic (exact) mass is 248 g/mol. The minimum atomic E-state index is 0.604. The SMILES string of the molecule is Cc1ccc(C(C)C)cc1CN(C)CCCCN. The summed E-state index contributed by atoms with van der Waals surface area (Å²) in [5, 5.41) is 0. The lowest BCUT2D eigenvalue weighted by atomic mass is 9.97. The standard InChI is InChI=1S/C16H28N2/c1-13(2)15-8-7-14(3)16(11-15)12-18(4)10-6-5-9-17/h7-8,11,13H,5-6,9-10,12,17H2,1-4H3. The number of nitrogens with zero attached hydrogens (tertiary/aromatic N) is 1. The molecule has 0 aliphatic heterocycles. The third-order valence-electron chi connectivity index (χ3n) is 3.47. The van der Waals surface area contributed by atoms with Gasteiger partial charge in [0.1, 0.15) is 0 Å². The number of rotatable bonds is 7. The fraction of sp³-hybridized carbons (Fsp3) is 0.625. The van der Waals surface area contributed by atoms with Gasteiger partial charge < -0.3 is 10.6 Å². The molecule has 0 fully saturated rings. The smallest absolute Gasteiger partial charge is 0.0233 e. The zero-order chi connectivity index (χ0) is 13.5. The lowest BCUT2D eigenvalue weighted by molar-refractivity contribution is 0.319. The first-order valence-corrected chi connectivity index (χ1v) is 7.02. The summed E-state index contributed by atoms with van der Waals surface area (Å²) in [5.41, 5.74) is 9.81. The predicted molar refractivity (Wildman–Crippen MR) is 79.9 cm³/mol. The summed E-state index contributed by atoms with van der Waals surface area (Å²) in [5.74, 6) is 0.604. The maximum atomic E-state index is 5.53. The summed E-state index contributed by atoms with van der Waals surface area (Å²) in [6.45, 7) is 9.67. The highest BCUT2D eigenvalue weighted by atomic mass is 15.1. The molecular weight excluding hydrogens is 220 g/mol. The second-order valence-corrected chi connectivity index (χ2v) is 5.57. The van der Waals surface area contributed by atoms with E-state index < -0.39 is 0 Å². The second kappa shape index (κ2) is 7.55. The topological polar surface area (TPSA) is 29.3 Å². The highest BCUT2D eigenvalue weighted by Gasteiger charge is 2.06. The van der Waals surface area contributed by atoms with E-state index >= 15 is 0 Å². The van der Waals surface area contributed by atoms with Gasteiger partial charge in [0.25, 0.3) is 0 Å². The molecule has 2 nitrogen and oxygen atoms in total. The van der Waals surface area contributed by atoms with E-state index in [1.54, 1.807) is 0 Å². The Labute approximate surface area is 112 Å². The van der Waals surface area contributed by atoms with Crippen LogP contribution >= 0.6 is 0 Å². The van der Waals surface area contributed by atoms with Crippen LogP contribution in [0.2, 0.25) is 0 Å². The molecule has 0 saturated heterocycles. The van der Waals surface area contributed by atoms with Crippen LogP contribution in [-0.4, -0.2) is 25.0 Å². The molecular formula is C16H28N2. The van der Waals surface area contributed by atoms with Crippen LogP contribution in [0.5, 0.6) is 0 Å². The molecule has 0 bridgehead atoms. The first-order chi connectivity index (χ1) is 8.54. The Hall–Kier alpha value is -0.860. The fourth-order valence-electron chi connectivity index (χ4n) is 2.12. The quantitative estimate of drug-likeness (QED) is 0.750. The molecule has 1 aromatic carbocycles. The molecule has 0 saturated carbocycles. The highest BCUT2D eigenvalue weighted by Crippen LogP contribution is 2.19. The van der Waals surface area contributed by atoms with Crippen LogP contribution in [0.1, 0.15) is 49.3 Å². The zero-order valence-corrected chi connectivity index (χ0v) is 12.4. The summed E-state index contributed by atoms with van der Waals surface area (Å²) in [4.78, 5) is 2.39. The Bertz CT molecular complexity index is 358. The molecule has 0 heterocycles. The number of nitrogens with two attached hydrogens (primary N) is 1. The van der Waals surface area contributed by atoms with Gasteiger partial charge in [-0.1, -0.05) is 32.0 Å². The van der Waals surface area contributed by atoms with Gasteiger partial charge in [0, 0.05) is 6.54 Å². The minimum absolute atomic E-state index is 0.604. The lowest BCUT2D eigenvalue weighted by Crippen LogP contribution is -2.20. The maximum Gasteiger partial charge on any atom is 0.0233 e. The highest BCUT2D eigenvalue weighted by molar-refractivity contribution is 5.32. The third kappa shape index (κ3) is 4.79. The van der Waals surface area contributed by atoms with E-state index in [-0.39, 0.29) is 0 Å². The minimum Gasteiger partial charge on any atom is -0.330 e. The van der Waals surface area contributed by atoms with Crippen molar-refractivity contribution in [3.05, 3.63) is 34.9 Å². The van der Waals surface area contributed by atoms with Gasteiger partial charge in [-0.15, -0.1) is 0 Å². The first kappa shape index (κ1) is 15.2. The zero-order valence-electron chi connectivity index (χ0n) is 12.4. The van der Waals surface area contributed by atoms with E-state index in [9.17, 15) is 0 Å². The largest absolute Gasteiger partial charge is 0.330 e. The number of hydrogen-bond donors (Lipinski definition) is 1.